The third-order valence-electron chi connectivity index (χ3n) is 4.01. The van der Waals surface area contributed by atoms with Gasteiger partial charge in [0.1, 0.15) is 0 Å². The van der Waals surface area contributed by atoms with Crippen LogP contribution in [0.25, 0.3) is 0 Å². The molecule has 19 heavy (non-hydrogen) atoms. The molecule has 0 atom stereocenters. The van der Waals surface area contributed by atoms with Gasteiger partial charge in [0, 0.05) is 13.1 Å². The van der Waals surface area contributed by atoms with E-state index >= 15 is 0 Å². The lowest BCUT2D eigenvalue weighted by Crippen LogP contribution is -2.40. The second-order valence-corrected chi connectivity index (χ2v) is 8.13. The molecule has 1 aliphatic heterocycles. The normalized spacial score (nSPS) is 19.6. The smallest absolute Gasteiger partial charge is 0.152 e. The molecule has 0 aliphatic carbocycles. The van der Waals surface area contributed by atoms with Crippen LogP contribution in [-0.4, -0.2) is 44.5 Å². The topological polar surface area (TPSA) is 37.4 Å². The third kappa shape index (κ3) is 8.64. The van der Waals surface area contributed by atoms with E-state index in [0.29, 0.717) is 11.5 Å². The first-order chi connectivity index (χ1) is 9.14. The van der Waals surface area contributed by atoms with Gasteiger partial charge in [0.05, 0.1) is 11.5 Å². The van der Waals surface area contributed by atoms with Crippen LogP contribution in [0.2, 0.25) is 0 Å². The van der Waals surface area contributed by atoms with Crippen LogP contribution in [0, 0.1) is 0 Å². The minimum absolute atomic E-state index is 0.366. The lowest BCUT2D eigenvalue weighted by atomic mass is 10.1. The summed E-state index contributed by atoms with van der Waals surface area (Å²) >= 11 is 0. The summed E-state index contributed by atoms with van der Waals surface area (Å²) in [5, 5.41) is 0. The van der Waals surface area contributed by atoms with Gasteiger partial charge in [-0.2, -0.15) is 0 Å². The molecule has 0 radical (unpaired) electrons. The van der Waals surface area contributed by atoms with Crippen molar-refractivity contribution < 1.29 is 8.42 Å². The van der Waals surface area contributed by atoms with E-state index < -0.39 is 9.84 Å². The number of rotatable bonds is 10. The van der Waals surface area contributed by atoms with Gasteiger partial charge in [-0.15, -0.1) is 0 Å². The van der Waals surface area contributed by atoms with E-state index in [0.717, 1.165) is 19.6 Å². The zero-order chi connectivity index (χ0) is 14.0. The van der Waals surface area contributed by atoms with Crippen LogP contribution in [0.5, 0.6) is 0 Å². The zero-order valence-corrected chi connectivity index (χ0v) is 13.4. The van der Waals surface area contributed by atoms with Crippen molar-refractivity contribution >= 4 is 9.84 Å². The quantitative estimate of drug-likeness (QED) is 0.579. The average Bonchev–Trinajstić information content (AvgIpc) is 2.38. The van der Waals surface area contributed by atoms with Crippen molar-refractivity contribution in [1.82, 2.24) is 4.90 Å². The fraction of sp³-hybridized carbons (Fsp3) is 1.00. The molecule has 0 saturated carbocycles. The highest BCUT2D eigenvalue weighted by Gasteiger charge is 2.20. The Morgan fingerprint density at radius 1 is 0.789 bits per heavy atom. The molecule has 1 aliphatic rings. The van der Waals surface area contributed by atoms with Gasteiger partial charge < -0.3 is 4.90 Å². The number of hydrogen-bond donors (Lipinski definition) is 0. The minimum Gasteiger partial charge on any atom is -0.301 e. The van der Waals surface area contributed by atoms with Gasteiger partial charge in [-0.05, 0) is 13.0 Å². The van der Waals surface area contributed by atoms with Crippen LogP contribution in [-0.2, 0) is 9.84 Å². The predicted octanol–water partition coefficient (Wildman–Crippen LogP) is 3.25. The van der Waals surface area contributed by atoms with Crippen molar-refractivity contribution in [2.45, 2.75) is 64.7 Å². The van der Waals surface area contributed by atoms with Crippen molar-refractivity contribution in [3.05, 3.63) is 0 Å². The highest BCUT2D eigenvalue weighted by Crippen LogP contribution is 2.11. The number of sulfone groups is 1. The van der Waals surface area contributed by atoms with Gasteiger partial charge >= 0.3 is 0 Å². The van der Waals surface area contributed by atoms with E-state index in [1.807, 2.05) is 0 Å². The Hall–Kier alpha value is -0.0900. The number of nitrogens with zero attached hydrogens (tertiary/aromatic N) is 1. The minimum atomic E-state index is -2.71. The van der Waals surface area contributed by atoms with Gasteiger partial charge in [0.2, 0.25) is 0 Å². The average molecular weight is 289 g/mol. The van der Waals surface area contributed by atoms with E-state index in [9.17, 15) is 8.42 Å². The molecular formula is C15H31NO2S. The molecule has 1 rings (SSSR count). The van der Waals surface area contributed by atoms with Crippen LogP contribution in [0.15, 0.2) is 0 Å². The lowest BCUT2D eigenvalue weighted by Gasteiger charge is -2.26. The Balaban J connectivity index is 1.86. The van der Waals surface area contributed by atoms with Crippen LogP contribution in [0.3, 0.4) is 0 Å². The molecule has 3 nitrogen and oxygen atoms in total. The van der Waals surface area contributed by atoms with Crippen molar-refractivity contribution in [2.24, 2.45) is 0 Å². The molecule has 0 spiro atoms. The van der Waals surface area contributed by atoms with Crippen molar-refractivity contribution in [1.29, 1.82) is 0 Å². The first kappa shape index (κ1) is 17.0. The molecule has 1 heterocycles. The molecule has 1 fully saturated rings. The zero-order valence-electron chi connectivity index (χ0n) is 12.6. The molecule has 0 aromatic carbocycles. The lowest BCUT2D eigenvalue weighted by molar-refractivity contribution is 0.287. The second kappa shape index (κ2) is 9.76. The fourth-order valence-electron chi connectivity index (χ4n) is 2.62. The monoisotopic (exact) mass is 289 g/mol. The van der Waals surface area contributed by atoms with Crippen molar-refractivity contribution in [3.8, 4) is 0 Å². The van der Waals surface area contributed by atoms with Gasteiger partial charge in [-0.1, -0.05) is 58.3 Å². The summed E-state index contributed by atoms with van der Waals surface area (Å²) in [5.41, 5.74) is 0. The SMILES string of the molecule is CCCCCCCCCCCN1CCS(=O)(=O)CC1. The molecule has 0 amide bonds. The third-order valence-corrected chi connectivity index (χ3v) is 5.62. The summed E-state index contributed by atoms with van der Waals surface area (Å²) in [6.45, 7) is 4.84. The molecule has 0 aromatic rings. The summed E-state index contributed by atoms with van der Waals surface area (Å²) in [6.07, 6.45) is 12.2. The molecule has 0 N–H and O–H groups in total. The van der Waals surface area contributed by atoms with E-state index in [1.165, 1.54) is 57.8 Å². The predicted molar refractivity (Wildman–Crippen MR) is 82.3 cm³/mol. The highest BCUT2D eigenvalue weighted by molar-refractivity contribution is 7.91. The maximum absolute atomic E-state index is 11.3. The van der Waals surface area contributed by atoms with Gasteiger partial charge in [-0.3, -0.25) is 0 Å². The van der Waals surface area contributed by atoms with E-state index in [4.69, 9.17) is 0 Å². The van der Waals surface area contributed by atoms with Gasteiger partial charge in [0.25, 0.3) is 0 Å². The standard InChI is InChI=1S/C15H31NO2S/c1-2-3-4-5-6-7-8-9-10-11-16-12-14-19(17,18)15-13-16/h2-15H2,1H3. The molecule has 0 aromatic heterocycles. The Morgan fingerprint density at radius 2 is 1.26 bits per heavy atom. The molecule has 1 saturated heterocycles. The highest BCUT2D eigenvalue weighted by atomic mass is 32.2. The first-order valence-corrected chi connectivity index (χ1v) is 9.89. The largest absolute Gasteiger partial charge is 0.301 e. The molecule has 0 bridgehead atoms. The Kier molecular flexibility index (Phi) is 8.71. The fourth-order valence-corrected chi connectivity index (χ4v) is 3.90. The van der Waals surface area contributed by atoms with Crippen molar-refractivity contribution in [2.75, 3.05) is 31.1 Å². The summed E-state index contributed by atoms with van der Waals surface area (Å²) in [7, 11) is -2.71. The summed E-state index contributed by atoms with van der Waals surface area (Å²) in [5.74, 6) is 0.731. The van der Waals surface area contributed by atoms with E-state index in [2.05, 4.69) is 11.8 Å². The summed E-state index contributed by atoms with van der Waals surface area (Å²) in [4.78, 5) is 2.31. The second-order valence-electron chi connectivity index (χ2n) is 5.82. The molecular weight excluding hydrogens is 258 g/mol. The van der Waals surface area contributed by atoms with Crippen LogP contribution >= 0.6 is 0 Å². The number of unbranched alkanes of at least 4 members (excludes halogenated alkanes) is 8. The molecule has 0 unspecified atom stereocenters. The van der Waals surface area contributed by atoms with E-state index in [-0.39, 0.29) is 0 Å². The van der Waals surface area contributed by atoms with Crippen LogP contribution < -0.4 is 0 Å². The van der Waals surface area contributed by atoms with Crippen LogP contribution in [0.4, 0.5) is 0 Å². The summed E-state index contributed by atoms with van der Waals surface area (Å²) in [6, 6.07) is 0. The maximum Gasteiger partial charge on any atom is 0.152 e. The first-order valence-electron chi connectivity index (χ1n) is 8.07. The molecule has 114 valence electrons. The summed E-state index contributed by atoms with van der Waals surface area (Å²) < 4.78 is 22.6. The van der Waals surface area contributed by atoms with Gasteiger partial charge in [-0.25, -0.2) is 8.42 Å². The molecule has 4 heteroatoms. The maximum atomic E-state index is 11.3. The Labute approximate surface area is 119 Å². The Morgan fingerprint density at radius 3 is 1.79 bits per heavy atom. The van der Waals surface area contributed by atoms with Gasteiger partial charge in [0.15, 0.2) is 9.84 Å². The van der Waals surface area contributed by atoms with Crippen LogP contribution in [0.1, 0.15) is 64.7 Å². The van der Waals surface area contributed by atoms with Crippen molar-refractivity contribution in [3.63, 3.8) is 0 Å². The van der Waals surface area contributed by atoms with E-state index in [1.54, 1.807) is 0 Å². The Bertz CT molecular complexity index is 300. The number of hydrogen-bond acceptors (Lipinski definition) is 3.